The van der Waals surface area contributed by atoms with Crippen LogP contribution in [-0.4, -0.2) is 21.9 Å². The minimum absolute atomic E-state index is 0.0804. The maximum Gasteiger partial charge on any atom is 0.0900 e. The van der Waals surface area contributed by atoms with Gasteiger partial charge in [-0.2, -0.15) is 0 Å². The molecule has 98 valence electrons. The maximum atomic E-state index is 11.3. The number of hydrogen-bond donors (Lipinski definition) is 1. The molecule has 2 aliphatic rings. The maximum absolute atomic E-state index is 11.3. The molecule has 0 spiro atoms. The third-order valence-electron chi connectivity index (χ3n) is 5.43. The lowest BCUT2D eigenvalue weighted by Crippen LogP contribution is -2.68. The van der Waals surface area contributed by atoms with Crippen LogP contribution in [0.15, 0.2) is 12.2 Å². The van der Waals surface area contributed by atoms with Gasteiger partial charge in [0.1, 0.15) is 0 Å². The fraction of sp³-hybridized carbons (Fsp3) is 0.867. The Bertz CT molecular complexity index is 342. The zero-order chi connectivity index (χ0) is 13.3. The highest BCUT2D eigenvalue weighted by Crippen LogP contribution is 2.58. The molecule has 2 bridgehead atoms. The highest BCUT2D eigenvalue weighted by molar-refractivity contribution is 5.28. The van der Waals surface area contributed by atoms with Gasteiger partial charge in [0.15, 0.2) is 0 Å². The standard InChI is InChI=1S/C15H26O2/c1-10-13(6)8-9-14(7,17-13)11(2)15(10,16)12(3,4)5/h8-11,16H,1-7H3/t10-,11+,13+,14-,15-. The van der Waals surface area contributed by atoms with Crippen LogP contribution < -0.4 is 0 Å². The molecule has 0 amide bonds. The Labute approximate surface area is 105 Å². The molecule has 5 atom stereocenters. The second-order valence-corrected chi connectivity index (χ2v) is 7.32. The molecule has 1 N–H and O–H groups in total. The van der Waals surface area contributed by atoms with Crippen LogP contribution in [0.25, 0.3) is 0 Å². The Kier molecular flexibility index (Phi) is 2.43. The van der Waals surface area contributed by atoms with Crippen molar-refractivity contribution < 1.29 is 9.84 Å². The summed E-state index contributed by atoms with van der Waals surface area (Å²) in [5, 5.41) is 11.3. The van der Waals surface area contributed by atoms with Gasteiger partial charge in [-0.1, -0.05) is 46.8 Å². The van der Waals surface area contributed by atoms with Gasteiger partial charge in [-0.05, 0) is 19.3 Å². The summed E-state index contributed by atoms with van der Waals surface area (Å²) < 4.78 is 6.22. The van der Waals surface area contributed by atoms with Gasteiger partial charge in [0, 0.05) is 11.8 Å². The summed E-state index contributed by atoms with van der Waals surface area (Å²) in [6, 6.07) is 0. The summed E-state index contributed by atoms with van der Waals surface area (Å²) >= 11 is 0. The average Bonchev–Trinajstić information content (AvgIpc) is 2.49. The molecule has 0 unspecified atom stereocenters. The minimum Gasteiger partial charge on any atom is -0.389 e. The number of ether oxygens (including phenoxy) is 1. The Balaban J connectivity index is 2.57. The van der Waals surface area contributed by atoms with Crippen molar-refractivity contribution in [3.8, 4) is 0 Å². The van der Waals surface area contributed by atoms with Crippen molar-refractivity contribution in [2.75, 3.05) is 0 Å². The molecule has 2 aliphatic heterocycles. The summed E-state index contributed by atoms with van der Waals surface area (Å²) in [6.07, 6.45) is 4.27. The van der Waals surface area contributed by atoms with Crippen molar-refractivity contribution in [1.82, 2.24) is 0 Å². The normalized spacial score (nSPS) is 54.1. The largest absolute Gasteiger partial charge is 0.389 e. The first-order chi connectivity index (χ1) is 7.47. The van der Waals surface area contributed by atoms with E-state index in [-0.39, 0.29) is 28.5 Å². The quantitative estimate of drug-likeness (QED) is 0.657. The van der Waals surface area contributed by atoms with Crippen LogP contribution in [0, 0.1) is 17.3 Å². The van der Waals surface area contributed by atoms with E-state index in [0.29, 0.717) is 0 Å². The Morgan fingerprint density at radius 3 is 1.65 bits per heavy atom. The van der Waals surface area contributed by atoms with Crippen LogP contribution in [0.1, 0.15) is 48.5 Å². The average molecular weight is 238 g/mol. The first-order valence-corrected chi connectivity index (χ1v) is 6.60. The van der Waals surface area contributed by atoms with Crippen LogP contribution in [0.3, 0.4) is 0 Å². The Hall–Kier alpha value is -0.340. The topological polar surface area (TPSA) is 29.5 Å². The van der Waals surface area contributed by atoms with Crippen molar-refractivity contribution in [1.29, 1.82) is 0 Å². The van der Waals surface area contributed by atoms with E-state index in [9.17, 15) is 5.11 Å². The smallest absolute Gasteiger partial charge is 0.0900 e. The molecular weight excluding hydrogens is 212 g/mol. The van der Waals surface area contributed by atoms with Gasteiger partial charge in [0.25, 0.3) is 0 Å². The number of hydrogen-bond acceptors (Lipinski definition) is 2. The lowest BCUT2D eigenvalue weighted by Gasteiger charge is -2.60. The summed E-state index contributed by atoms with van der Waals surface area (Å²) in [4.78, 5) is 0. The molecule has 0 aromatic rings. The Morgan fingerprint density at radius 2 is 1.35 bits per heavy atom. The van der Waals surface area contributed by atoms with Gasteiger partial charge in [-0.15, -0.1) is 0 Å². The first-order valence-electron chi connectivity index (χ1n) is 6.60. The zero-order valence-electron chi connectivity index (χ0n) is 12.2. The van der Waals surface area contributed by atoms with Gasteiger partial charge >= 0.3 is 0 Å². The molecule has 17 heavy (non-hydrogen) atoms. The van der Waals surface area contributed by atoms with Gasteiger partial charge < -0.3 is 9.84 Å². The van der Waals surface area contributed by atoms with E-state index < -0.39 is 5.60 Å². The van der Waals surface area contributed by atoms with Crippen molar-refractivity contribution in [3.05, 3.63) is 12.2 Å². The second kappa shape index (κ2) is 3.16. The molecule has 0 aromatic heterocycles. The van der Waals surface area contributed by atoms with E-state index >= 15 is 0 Å². The number of fused-ring (bicyclic) bond motifs is 2. The summed E-state index contributed by atoms with van der Waals surface area (Å²) in [7, 11) is 0. The van der Waals surface area contributed by atoms with E-state index in [1.807, 2.05) is 0 Å². The fourth-order valence-electron chi connectivity index (χ4n) is 3.89. The van der Waals surface area contributed by atoms with E-state index in [4.69, 9.17) is 4.74 Å². The monoisotopic (exact) mass is 238 g/mol. The Morgan fingerprint density at radius 1 is 1.00 bits per heavy atom. The highest BCUT2D eigenvalue weighted by atomic mass is 16.5. The number of aliphatic hydroxyl groups is 1. The van der Waals surface area contributed by atoms with Gasteiger partial charge in [0.2, 0.25) is 0 Å². The molecule has 2 heterocycles. The summed E-state index contributed by atoms with van der Waals surface area (Å²) in [6.45, 7) is 14.8. The molecule has 2 nitrogen and oxygen atoms in total. The van der Waals surface area contributed by atoms with Crippen molar-refractivity contribution in [3.63, 3.8) is 0 Å². The van der Waals surface area contributed by atoms with Crippen LogP contribution in [0.4, 0.5) is 0 Å². The third kappa shape index (κ3) is 1.40. The number of rotatable bonds is 0. The molecule has 0 aliphatic carbocycles. The second-order valence-electron chi connectivity index (χ2n) is 7.32. The molecule has 0 radical (unpaired) electrons. The molecule has 1 saturated heterocycles. The SMILES string of the molecule is C[C@@H]1[C@@](O)(C(C)(C)C)[C@H](C)[C@]2(C)C=C[C@@]1(C)O2. The van der Waals surface area contributed by atoms with Crippen LogP contribution in [0.2, 0.25) is 0 Å². The van der Waals surface area contributed by atoms with Gasteiger partial charge in [0.05, 0.1) is 16.8 Å². The lowest BCUT2D eigenvalue weighted by molar-refractivity contribution is -0.282. The highest BCUT2D eigenvalue weighted by Gasteiger charge is 2.65. The summed E-state index contributed by atoms with van der Waals surface area (Å²) in [5.41, 5.74) is -1.57. The van der Waals surface area contributed by atoms with Crippen LogP contribution in [0.5, 0.6) is 0 Å². The molecule has 0 aromatic carbocycles. The van der Waals surface area contributed by atoms with Gasteiger partial charge in [-0.25, -0.2) is 0 Å². The summed E-state index contributed by atoms with van der Waals surface area (Å²) in [5.74, 6) is 0.161. The predicted molar refractivity (Wildman–Crippen MR) is 69.8 cm³/mol. The lowest BCUT2D eigenvalue weighted by atomic mass is 9.56. The molecular formula is C15H26O2. The van der Waals surface area contributed by atoms with Crippen molar-refractivity contribution in [2.45, 2.75) is 65.3 Å². The molecule has 0 saturated carbocycles. The van der Waals surface area contributed by atoms with Crippen molar-refractivity contribution in [2.24, 2.45) is 17.3 Å². The predicted octanol–water partition coefficient (Wildman–Crippen LogP) is 3.15. The van der Waals surface area contributed by atoms with E-state index in [1.165, 1.54) is 0 Å². The van der Waals surface area contributed by atoms with E-state index in [2.05, 4.69) is 60.6 Å². The first kappa shape index (κ1) is 13.1. The zero-order valence-corrected chi connectivity index (χ0v) is 12.2. The molecule has 2 heteroatoms. The van der Waals surface area contributed by atoms with Gasteiger partial charge in [-0.3, -0.25) is 0 Å². The minimum atomic E-state index is -0.724. The van der Waals surface area contributed by atoms with Crippen LogP contribution >= 0.6 is 0 Å². The van der Waals surface area contributed by atoms with E-state index in [0.717, 1.165) is 0 Å². The fourth-order valence-corrected chi connectivity index (χ4v) is 3.89. The molecule has 1 fully saturated rings. The third-order valence-corrected chi connectivity index (χ3v) is 5.43. The van der Waals surface area contributed by atoms with Crippen LogP contribution in [-0.2, 0) is 4.74 Å². The van der Waals surface area contributed by atoms with Crippen molar-refractivity contribution >= 4 is 0 Å². The molecule has 2 rings (SSSR count). The van der Waals surface area contributed by atoms with E-state index in [1.54, 1.807) is 0 Å².